The summed E-state index contributed by atoms with van der Waals surface area (Å²) in [6.07, 6.45) is 3.68. The average molecular weight is 99.1 g/mol. The molecule has 0 aliphatic rings. The number of hydrogen-bond acceptors (Lipinski definition) is 1. The SMILES string of the molecule is [Li][CH2]c1cccnc1. The number of pyridine rings is 1. The normalized spacial score (nSPS) is 9.25. The molecule has 0 spiro atoms. The first-order valence-corrected chi connectivity index (χ1v) is 2.82. The molecule has 0 saturated heterocycles. The molecule has 0 amide bonds. The van der Waals surface area contributed by atoms with Gasteiger partial charge in [-0.25, -0.2) is 0 Å². The van der Waals surface area contributed by atoms with Crippen LogP contribution in [0.25, 0.3) is 0 Å². The Labute approximate surface area is 58.3 Å². The van der Waals surface area contributed by atoms with Crippen molar-refractivity contribution in [3.63, 3.8) is 0 Å². The summed E-state index contributed by atoms with van der Waals surface area (Å²) in [7, 11) is 0. The average Bonchev–Trinajstić information content (AvgIpc) is 1.90. The van der Waals surface area contributed by atoms with Gasteiger partial charge in [0.05, 0.1) is 0 Å². The Kier molecular flexibility index (Phi) is 2.14. The van der Waals surface area contributed by atoms with Crippen molar-refractivity contribution in [2.24, 2.45) is 0 Å². The van der Waals surface area contributed by atoms with Crippen molar-refractivity contribution < 1.29 is 0 Å². The molecular weight excluding hydrogens is 93.0 g/mol. The molecule has 0 N–H and O–H groups in total. The van der Waals surface area contributed by atoms with Gasteiger partial charge in [-0.15, -0.1) is 0 Å². The summed E-state index contributed by atoms with van der Waals surface area (Å²) in [5.74, 6) is 0. The first-order chi connectivity index (χ1) is 3.93. The van der Waals surface area contributed by atoms with E-state index in [0.29, 0.717) is 0 Å². The predicted molar refractivity (Wildman–Crippen MR) is 33.7 cm³/mol. The second kappa shape index (κ2) is 2.91. The fourth-order valence-corrected chi connectivity index (χ4v) is 0.607. The van der Waals surface area contributed by atoms with E-state index in [2.05, 4.69) is 28.8 Å². The zero-order valence-electron chi connectivity index (χ0n) is 4.96. The fraction of sp³-hybridized carbons (Fsp3) is 0.167. The Hall–Kier alpha value is -0.253. The predicted octanol–water partition coefficient (Wildman–Crippen LogP) is 0.750. The molecule has 1 heterocycles. The molecule has 0 aromatic carbocycles. The van der Waals surface area contributed by atoms with Gasteiger partial charge in [0, 0.05) is 0 Å². The van der Waals surface area contributed by atoms with Crippen molar-refractivity contribution in [2.45, 2.75) is 5.09 Å². The van der Waals surface area contributed by atoms with Gasteiger partial charge < -0.3 is 0 Å². The van der Waals surface area contributed by atoms with Crippen molar-refractivity contribution in [2.75, 3.05) is 0 Å². The zero-order chi connectivity index (χ0) is 5.82. The Morgan fingerprint density at radius 3 is 2.88 bits per heavy atom. The molecule has 0 saturated carbocycles. The van der Waals surface area contributed by atoms with Crippen LogP contribution in [0.3, 0.4) is 0 Å². The van der Waals surface area contributed by atoms with Crippen molar-refractivity contribution >= 4 is 17.7 Å². The van der Waals surface area contributed by atoms with Crippen LogP contribution in [0.1, 0.15) is 5.56 Å². The van der Waals surface area contributed by atoms with E-state index in [4.69, 9.17) is 0 Å². The van der Waals surface area contributed by atoms with E-state index in [0.717, 1.165) is 5.09 Å². The van der Waals surface area contributed by atoms with Gasteiger partial charge in [0.2, 0.25) is 0 Å². The topological polar surface area (TPSA) is 12.9 Å². The summed E-state index contributed by atoms with van der Waals surface area (Å²) in [5, 5.41) is 1.08. The van der Waals surface area contributed by atoms with Crippen LogP contribution in [0.15, 0.2) is 24.5 Å². The van der Waals surface area contributed by atoms with Crippen molar-refractivity contribution in [3.8, 4) is 0 Å². The van der Waals surface area contributed by atoms with Crippen LogP contribution in [-0.4, -0.2) is 22.7 Å². The molecule has 0 aliphatic carbocycles. The number of nitrogens with zero attached hydrogens (tertiary/aromatic N) is 1. The third kappa shape index (κ3) is 1.36. The van der Waals surface area contributed by atoms with Gasteiger partial charge in [-0.1, -0.05) is 0 Å². The van der Waals surface area contributed by atoms with Gasteiger partial charge in [-0.2, -0.15) is 0 Å². The molecule has 1 rings (SSSR count). The van der Waals surface area contributed by atoms with E-state index >= 15 is 0 Å². The Balaban J connectivity index is 2.83. The number of aromatic nitrogens is 1. The van der Waals surface area contributed by atoms with Crippen molar-refractivity contribution in [1.29, 1.82) is 0 Å². The first kappa shape index (κ1) is 5.88. The standard InChI is InChI=1S/C6H6N.Li/c1-6-3-2-4-7-5-6;/h2-5H,1H2;. The molecule has 2 heteroatoms. The number of hydrogen-bond donors (Lipinski definition) is 0. The Morgan fingerprint density at radius 2 is 2.50 bits per heavy atom. The zero-order valence-corrected chi connectivity index (χ0v) is 4.96. The molecule has 0 unspecified atom stereocenters. The molecule has 8 heavy (non-hydrogen) atoms. The van der Waals surface area contributed by atoms with Crippen molar-refractivity contribution in [3.05, 3.63) is 30.1 Å². The van der Waals surface area contributed by atoms with Gasteiger partial charge in [0.15, 0.2) is 0 Å². The van der Waals surface area contributed by atoms with Crippen molar-refractivity contribution in [1.82, 2.24) is 4.98 Å². The summed E-state index contributed by atoms with van der Waals surface area (Å²) < 4.78 is 0. The quantitative estimate of drug-likeness (QED) is 0.473. The first-order valence-electron chi connectivity index (χ1n) is 2.82. The summed E-state index contributed by atoms with van der Waals surface area (Å²) in [4.78, 5) is 3.96. The molecule has 0 bridgehead atoms. The van der Waals surface area contributed by atoms with Crippen LogP contribution >= 0.6 is 0 Å². The second-order valence-corrected chi connectivity index (χ2v) is 1.71. The number of rotatable bonds is 1. The third-order valence-corrected chi connectivity index (χ3v) is 1.13. The van der Waals surface area contributed by atoms with E-state index in [1.807, 2.05) is 12.3 Å². The summed E-state index contributed by atoms with van der Waals surface area (Å²) in [5.41, 5.74) is 1.30. The van der Waals surface area contributed by atoms with Crippen LogP contribution in [0.5, 0.6) is 0 Å². The van der Waals surface area contributed by atoms with Crippen LogP contribution in [0.2, 0.25) is 0 Å². The molecule has 0 atom stereocenters. The van der Waals surface area contributed by atoms with E-state index in [1.54, 1.807) is 6.20 Å². The summed E-state index contributed by atoms with van der Waals surface area (Å²) in [6.45, 7) is 0. The minimum atomic E-state index is 1.08. The van der Waals surface area contributed by atoms with Gasteiger partial charge in [0.25, 0.3) is 0 Å². The second-order valence-electron chi connectivity index (χ2n) is 1.71. The van der Waals surface area contributed by atoms with E-state index in [-0.39, 0.29) is 0 Å². The van der Waals surface area contributed by atoms with Gasteiger partial charge in [-0.3, -0.25) is 0 Å². The minimum absolute atomic E-state index is 1.08. The van der Waals surface area contributed by atoms with Gasteiger partial charge >= 0.3 is 57.9 Å². The molecule has 0 aliphatic heterocycles. The molecule has 1 nitrogen and oxygen atoms in total. The third-order valence-electron chi connectivity index (χ3n) is 1.13. The summed E-state index contributed by atoms with van der Waals surface area (Å²) in [6, 6.07) is 4.03. The van der Waals surface area contributed by atoms with Gasteiger partial charge in [-0.05, 0) is 0 Å². The monoisotopic (exact) mass is 99.1 g/mol. The van der Waals surface area contributed by atoms with E-state index < -0.39 is 0 Å². The molecule has 1 aromatic heterocycles. The van der Waals surface area contributed by atoms with Crippen LogP contribution in [0, 0.1) is 0 Å². The molecule has 1 aromatic rings. The fourth-order valence-electron chi connectivity index (χ4n) is 0.607. The van der Waals surface area contributed by atoms with Crippen LogP contribution in [-0.2, 0) is 5.09 Å². The van der Waals surface area contributed by atoms with Crippen LogP contribution in [0.4, 0.5) is 0 Å². The van der Waals surface area contributed by atoms with E-state index in [9.17, 15) is 0 Å². The molecule has 36 valence electrons. The Bertz CT molecular complexity index is 150. The van der Waals surface area contributed by atoms with Crippen LogP contribution < -0.4 is 0 Å². The maximum atomic E-state index is 3.96. The maximum absolute atomic E-state index is 3.96. The molecule has 0 radical (unpaired) electrons. The van der Waals surface area contributed by atoms with Gasteiger partial charge in [0.1, 0.15) is 0 Å². The molecule has 0 fully saturated rings. The Morgan fingerprint density at radius 1 is 1.62 bits per heavy atom. The summed E-state index contributed by atoms with van der Waals surface area (Å²) >= 11 is 2.12. The molecular formula is C6H6LiN. The van der Waals surface area contributed by atoms with E-state index in [1.165, 1.54) is 5.56 Å².